The monoisotopic (exact) mass is 424 g/mol. The van der Waals surface area contributed by atoms with E-state index < -0.39 is 5.91 Å². The molecule has 0 bridgehead atoms. The average Bonchev–Trinajstić information content (AvgIpc) is 3.27. The molecule has 0 fully saturated rings. The summed E-state index contributed by atoms with van der Waals surface area (Å²) in [5, 5.41) is 8.42. The van der Waals surface area contributed by atoms with Crippen molar-refractivity contribution < 1.29 is 9.59 Å². The molecule has 2 amide bonds. The van der Waals surface area contributed by atoms with Crippen molar-refractivity contribution in [2.24, 2.45) is 10.1 Å². The van der Waals surface area contributed by atoms with Crippen molar-refractivity contribution in [2.45, 2.75) is 4.90 Å². The number of fused-ring (bicyclic) bond motifs is 1. The number of hydrogen-bond acceptors (Lipinski definition) is 5. The number of carbonyl (C=O) groups excluding carboxylic acids is 2. The first-order valence-electron chi connectivity index (χ1n) is 9.59. The largest absolute Gasteiger partial charge is 0.320 e. The fraction of sp³-hybridized carbons (Fsp3) is 0. The molecule has 0 aromatic heterocycles. The van der Waals surface area contributed by atoms with Crippen molar-refractivity contribution in [3.63, 3.8) is 0 Å². The minimum Gasteiger partial charge on any atom is -0.320 e. The Bertz CT molecular complexity index is 1310. The minimum atomic E-state index is -0.417. The normalized spacial score (nSPS) is 17.8. The second-order valence-corrected chi connectivity index (χ2v) is 7.44. The fourth-order valence-corrected chi connectivity index (χ4v) is 3.66. The Morgan fingerprint density at radius 1 is 0.903 bits per heavy atom. The van der Waals surface area contributed by atoms with E-state index in [1.165, 1.54) is 5.01 Å². The van der Waals surface area contributed by atoms with Crippen LogP contribution >= 0.6 is 12.6 Å². The van der Waals surface area contributed by atoms with Gasteiger partial charge in [0.25, 0.3) is 11.8 Å². The molecule has 0 saturated heterocycles. The number of benzene rings is 3. The van der Waals surface area contributed by atoms with E-state index in [-0.39, 0.29) is 17.3 Å². The van der Waals surface area contributed by atoms with E-state index in [9.17, 15) is 9.59 Å². The van der Waals surface area contributed by atoms with E-state index in [0.29, 0.717) is 17.1 Å². The summed E-state index contributed by atoms with van der Waals surface area (Å²) < 4.78 is 0. The number of anilines is 1. The van der Waals surface area contributed by atoms with Crippen LogP contribution in [0.3, 0.4) is 0 Å². The second kappa shape index (κ2) is 7.70. The third-order valence-corrected chi connectivity index (χ3v) is 5.35. The van der Waals surface area contributed by atoms with Crippen LogP contribution in [-0.4, -0.2) is 28.4 Å². The Morgan fingerprint density at radius 2 is 1.61 bits per heavy atom. The lowest BCUT2D eigenvalue weighted by molar-refractivity contribution is -0.122. The van der Waals surface area contributed by atoms with E-state index in [2.05, 4.69) is 28.0 Å². The maximum Gasteiger partial charge on any atom is 0.298 e. The van der Waals surface area contributed by atoms with Gasteiger partial charge in [0.1, 0.15) is 5.70 Å². The number of aliphatic imine (C=N–C) groups is 1. The standard InChI is InChI=1S/C24H16N4O2S/c29-23-21(17-11-5-6-12-18(17)26-23)27-28-22(15-8-2-1-3-9-15)25-19(24(28)30)14-16-10-4-7-13-20(16)31/h1-14,31H,(H,26,27,29)/b19-14-. The molecule has 0 radical (unpaired) electrons. The van der Waals surface area contributed by atoms with Crippen LogP contribution in [0.25, 0.3) is 6.08 Å². The van der Waals surface area contributed by atoms with Crippen LogP contribution in [0.15, 0.2) is 99.5 Å². The molecule has 0 aliphatic carbocycles. The zero-order valence-electron chi connectivity index (χ0n) is 16.2. The van der Waals surface area contributed by atoms with E-state index in [4.69, 9.17) is 0 Å². The van der Waals surface area contributed by atoms with Crippen LogP contribution in [0.5, 0.6) is 0 Å². The molecule has 2 aliphatic rings. The lowest BCUT2D eigenvalue weighted by atomic mass is 10.1. The third kappa shape index (κ3) is 3.45. The number of amidine groups is 1. The molecule has 7 heteroatoms. The summed E-state index contributed by atoms with van der Waals surface area (Å²) in [4.78, 5) is 31.1. The molecule has 0 spiro atoms. The van der Waals surface area contributed by atoms with Gasteiger partial charge in [-0.15, -0.1) is 12.6 Å². The van der Waals surface area contributed by atoms with Crippen LogP contribution in [0, 0.1) is 0 Å². The first-order valence-corrected chi connectivity index (χ1v) is 10.0. The summed E-state index contributed by atoms with van der Waals surface area (Å²) in [7, 11) is 0. The van der Waals surface area contributed by atoms with Crippen molar-refractivity contribution >= 4 is 47.8 Å². The minimum absolute atomic E-state index is 0.170. The van der Waals surface area contributed by atoms with Gasteiger partial charge in [-0.3, -0.25) is 9.59 Å². The summed E-state index contributed by atoms with van der Waals surface area (Å²) in [6, 6.07) is 24.0. The molecular weight excluding hydrogens is 408 g/mol. The van der Waals surface area contributed by atoms with Crippen molar-refractivity contribution in [3.8, 4) is 0 Å². The third-order valence-electron chi connectivity index (χ3n) is 4.94. The first-order chi connectivity index (χ1) is 15.1. The summed E-state index contributed by atoms with van der Waals surface area (Å²) in [5.41, 5.74) is 3.18. The molecule has 150 valence electrons. The number of rotatable bonds is 3. The van der Waals surface area contributed by atoms with Gasteiger partial charge in [-0.1, -0.05) is 66.7 Å². The zero-order valence-corrected chi connectivity index (χ0v) is 17.1. The maximum absolute atomic E-state index is 13.3. The highest BCUT2D eigenvalue weighted by Crippen LogP contribution is 2.27. The smallest absolute Gasteiger partial charge is 0.298 e. The van der Waals surface area contributed by atoms with Crippen LogP contribution < -0.4 is 5.32 Å². The molecule has 6 nitrogen and oxygen atoms in total. The topological polar surface area (TPSA) is 74.1 Å². The molecule has 0 saturated carbocycles. The van der Waals surface area contributed by atoms with E-state index in [1.54, 1.807) is 18.2 Å². The van der Waals surface area contributed by atoms with Crippen molar-refractivity contribution in [3.05, 3.63) is 101 Å². The van der Waals surface area contributed by atoms with Crippen molar-refractivity contribution in [1.82, 2.24) is 5.01 Å². The predicted molar refractivity (Wildman–Crippen MR) is 123 cm³/mol. The zero-order chi connectivity index (χ0) is 21.4. The maximum atomic E-state index is 13.3. The van der Waals surface area contributed by atoms with Gasteiger partial charge in [-0.05, 0) is 23.8 Å². The lowest BCUT2D eigenvalue weighted by Gasteiger charge is -2.13. The molecule has 3 aromatic carbocycles. The van der Waals surface area contributed by atoms with Gasteiger partial charge < -0.3 is 5.32 Å². The number of hydrazone groups is 1. The van der Waals surface area contributed by atoms with Crippen molar-refractivity contribution in [2.75, 3.05) is 5.32 Å². The van der Waals surface area contributed by atoms with Gasteiger partial charge in [0, 0.05) is 16.0 Å². The van der Waals surface area contributed by atoms with Crippen LogP contribution in [-0.2, 0) is 9.59 Å². The predicted octanol–water partition coefficient (Wildman–Crippen LogP) is 3.96. The van der Waals surface area contributed by atoms with Crippen molar-refractivity contribution in [1.29, 1.82) is 0 Å². The first kappa shape index (κ1) is 19.0. The Hall–Kier alpha value is -3.97. The molecular formula is C24H16N4O2S. The molecule has 0 atom stereocenters. The number of nitrogens with zero attached hydrogens (tertiary/aromatic N) is 3. The Labute approximate surface area is 184 Å². The Balaban J connectivity index is 1.63. The summed E-state index contributed by atoms with van der Waals surface area (Å²) in [5.74, 6) is -0.419. The number of hydrogen-bond donors (Lipinski definition) is 2. The summed E-state index contributed by atoms with van der Waals surface area (Å²) in [6.45, 7) is 0. The highest BCUT2D eigenvalue weighted by Gasteiger charge is 2.34. The van der Waals surface area contributed by atoms with Gasteiger partial charge in [-0.25, -0.2) is 4.99 Å². The Kier molecular flexibility index (Phi) is 4.72. The van der Waals surface area contributed by atoms with Gasteiger partial charge in [0.05, 0.1) is 5.69 Å². The fourth-order valence-electron chi connectivity index (χ4n) is 3.43. The van der Waals surface area contributed by atoms with Gasteiger partial charge >= 0.3 is 0 Å². The molecule has 0 unspecified atom stereocenters. The second-order valence-electron chi connectivity index (χ2n) is 6.96. The highest BCUT2D eigenvalue weighted by atomic mass is 32.1. The molecule has 1 N–H and O–H groups in total. The van der Waals surface area contributed by atoms with E-state index >= 15 is 0 Å². The molecule has 5 rings (SSSR count). The number of nitrogens with one attached hydrogen (secondary N) is 1. The average molecular weight is 424 g/mol. The van der Waals surface area contributed by atoms with Gasteiger partial charge in [0.2, 0.25) is 0 Å². The number of para-hydroxylation sites is 1. The molecule has 2 heterocycles. The van der Waals surface area contributed by atoms with Crippen LogP contribution in [0.2, 0.25) is 0 Å². The van der Waals surface area contributed by atoms with Crippen LogP contribution in [0.4, 0.5) is 5.69 Å². The number of amides is 2. The SMILES string of the molecule is O=C1Nc2ccccc2/C1=N/N1C(=O)/C(=C/c2ccccc2S)N=C1c1ccccc1. The lowest BCUT2D eigenvalue weighted by Crippen LogP contribution is -2.30. The summed E-state index contributed by atoms with van der Waals surface area (Å²) >= 11 is 4.45. The van der Waals surface area contributed by atoms with Gasteiger partial charge in [-0.2, -0.15) is 10.1 Å². The van der Waals surface area contributed by atoms with Crippen LogP contribution in [0.1, 0.15) is 16.7 Å². The molecule has 2 aliphatic heterocycles. The summed E-state index contributed by atoms with van der Waals surface area (Å²) in [6.07, 6.45) is 1.68. The number of carbonyl (C=O) groups is 2. The number of thiol groups is 1. The molecule has 3 aromatic rings. The van der Waals surface area contributed by atoms with E-state index in [0.717, 1.165) is 16.0 Å². The highest BCUT2D eigenvalue weighted by molar-refractivity contribution is 7.80. The quantitative estimate of drug-likeness (QED) is 0.493. The van der Waals surface area contributed by atoms with E-state index in [1.807, 2.05) is 66.7 Å². The van der Waals surface area contributed by atoms with Gasteiger partial charge in [0.15, 0.2) is 11.5 Å². The molecule has 31 heavy (non-hydrogen) atoms. The Morgan fingerprint density at radius 3 is 2.42 bits per heavy atom.